The minimum atomic E-state index is -4.37. The molecule has 4 N–H and O–H groups in total. The van der Waals surface area contributed by atoms with Crippen LogP contribution < -0.4 is 11.5 Å². The monoisotopic (exact) mass is 268 g/mol. The number of hydrogen-bond acceptors (Lipinski definition) is 4. The Labute approximate surface area is 107 Å². The van der Waals surface area contributed by atoms with Crippen molar-refractivity contribution in [3.8, 4) is 11.3 Å². The minimum Gasteiger partial charge on any atom is -0.384 e. The Balaban J connectivity index is 2.52. The summed E-state index contributed by atoms with van der Waals surface area (Å²) >= 11 is 0. The van der Waals surface area contributed by atoms with E-state index in [0.29, 0.717) is 16.8 Å². The lowest BCUT2D eigenvalue weighted by atomic mass is 10.0. The zero-order valence-corrected chi connectivity index (χ0v) is 9.99. The van der Waals surface area contributed by atoms with Crippen molar-refractivity contribution in [3.05, 3.63) is 35.4 Å². The van der Waals surface area contributed by atoms with Crippen LogP contribution in [0.2, 0.25) is 0 Å². The normalized spacial score (nSPS) is 11.6. The number of halogens is 3. The molecule has 0 aliphatic heterocycles. The number of rotatable bonds is 1. The summed E-state index contributed by atoms with van der Waals surface area (Å²) < 4.78 is 37.7. The molecule has 0 radical (unpaired) electrons. The van der Waals surface area contributed by atoms with Crippen molar-refractivity contribution < 1.29 is 13.2 Å². The molecule has 1 heterocycles. The predicted octanol–water partition coefficient (Wildman–Crippen LogP) is 2.64. The van der Waals surface area contributed by atoms with E-state index in [1.54, 1.807) is 6.92 Å². The van der Waals surface area contributed by atoms with Gasteiger partial charge in [0, 0.05) is 11.6 Å². The zero-order valence-electron chi connectivity index (χ0n) is 9.99. The lowest BCUT2D eigenvalue weighted by molar-refractivity contribution is -0.137. The summed E-state index contributed by atoms with van der Waals surface area (Å²) in [7, 11) is 0. The molecule has 4 nitrogen and oxygen atoms in total. The molecule has 1 aromatic heterocycles. The van der Waals surface area contributed by atoms with Gasteiger partial charge in [0.05, 0.1) is 11.3 Å². The predicted molar refractivity (Wildman–Crippen MR) is 66.0 cm³/mol. The van der Waals surface area contributed by atoms with Gasteiger partial charge in [-0.15, -0.1) is 0 Å². The molecule has 7 heteroatoms. The summed E-state index contributed by atoms with van der Waals surface area (Å²) in [6, 6.07) is 4.87. The zero-order chi connectivity index (χ0) is 14.2. The maximum atomic E-state index is 12.6. The Hall–Kier alpha value is -2.31. The van der Waals surface area contributed by atoms with Crippen molar-refractivity contribution in [2.75, 3.05) is 11.5 Å². The van der Waals surface area contributed by atoms with Crippen LogP contribution in [-0.4, -0.2) is 9.97 Å². The van der Waals surface area contributed by atoms with Crippen LogP contribution >= 0.6 is 0 Å². The third-order valence-electron chi connectivity index (χ3n) is 2.59. The Morgan fingerprint density at radius 3 is 2.26 bits per heavy atom. The fourth-order valence-corrected chi connectivity index (χ4v) is 1.75. The molecule has 0 unspecified atom stereocenters. The second kappa shape index (κ2) is 4.42. The van der Waals surface area contributed by atoms with Crippen LogP contribution in [0.25, 0.3) is 11.3 Å². The highest BCUT2D eigenvalue weighted by molar-refractivity contribution is 5.67. The molecule has 0 amide bonds. The maximum absolute atomic E-state index is 12.6. The molecular formula is C12H11F3N4. The van der Waals surface area contributed by atoms with Gasteiger partial charge in [0.25, 0.3) is 0 Å². The number of nitrogens with two attached hydrogens (primary N) is 2. The maximum Gasteiger partial charge on any atom is 0.416 e. The first-order valence-electron chi connectivity index (χ1n) is 5.35. The molecule has 2 rings (SSSR count). The first-order valence-corrected chi connectivity index (χ1v) is 5.35. The summed E-state index contributed by atoms with van der Waals surface area (Å²) in [5.41, 5.74) is 11.7. The van der Waals surface area contributed by atoms with Gasteiger partial charge in [0.15, 0.2) is 0 Å². The molecule has 0 fully saturated rings. The molecule has 100 valence electrons. The first-order chi connectivity index (χ1) is 8.77. The van der Waals surface area contributed by atoms with Gasteiger partial charge in [-0.1, -0.05) is 6.07 Å². The van der Waals surface area contributed by atoms with Gasteiger partial charge in [0.1, 0.15) is 5.82 Å². The van der Waals surface area contributed by atoms with Crippen LogP contribution in [0.4, 0.5) is 24.9 Å². The van der Waals surface area contributed by atoms with E-state index in [2.05, 4.69) is 9.97 Å². The molecular weight excluding hydrogens is 257 g/mol. The van der Waals surface area contributed by atoms with E-state index < -0.39 is 11.7 Å². The van der Waals surface area contributed by atoms with Crippen LogP contribution in [-0.2, 0) is 6.18 Å². The average Bonchev–Trinajstić information content (AvgIpc) is 2.26. The third kappa shape index (κ3) is 2.75. The van der Waals surface area contributed by atoms with Gasteiger partial charge < -0.3 is 11.5 Å². The van der Waals surface area contributed by atoms with Gasteiger partial charge in [-0.25, -0.2) is 4.98 Å². The molecule has 19 heavy (non-hydrogen) atoms. The molecule has 0 spiro atoms. The van der Waals surface area contributed by atoms with E-state index >= 15 is 0 Å². The molecule has 0 saturated heterocycles. The second-order valence-corrected chi connectivity index (χ2v) is 4.06. The average molecular weight is 268 g/mol. The van der Waals surface area contributed by atoms with Crippen LogP contribution in [0.1, 0.15) is 11.1 Å². The quantitative estimate of drug-likeness (QED) is 0.833. The molecule has 0 aliphatic rings. The Morgan fingerprint density at radius 2 is 1.74 bits per heavy atom. The molecule has 0 atom stereocenters. The van der Waals surface area contributed by atoms with Crippen LogP contribution in [0.15, 0.2) is 24.3 Å². The van der Waals surface area contributed by atoms with Crippen molar-refractivity contribution in [3.63, 3.8) is 0 Å². The summed E-state index contributed by atoms with van der Waals surface area (Å²) in [5.74, 6) is 0.149. The highest BCUT2D eigenvalue weighted by Crippen LogP contribution is 2.32. The summed E-state index contributed by atoms with van der Waals surface area (Å²) in [4.78, 5) is 7.67. The number of nitrogen functional groups attached to an aromatic ring is 2. The number of benzene rings is 1. The van der Waals surface area contributed by atoms with Gasteiger partial charge in [-0.3, -0.25) is 0 Å². The number of alkyl halides is 3. The lowest BCUT2D eigenvalue weighted by Crippen LogP contribution is -2.06. The van der Waals surface area contributed by atoms with E-state index in [1.165, 1.54) is 12.1 Å². The number of hydrogen-bond donors (Lipinski definition) is 2. The number of nitrogens with zero attached hydrogens (tertiary/aromatic N) is 2. The van der Waals surface area contributed by atoms with Gasteiger partial charge in [-0.2, -0.15) is 18.2 Å². The van der Waals surface area contributed by atoms with E-state index in [4.69, 9.17) is 11.5 Å². The SMILES string of the molecule is Cc1cc(C(F)(F)F)ccc1-c1cc(N)nc(N)n1. The Morgan fingerprint density at radius 1 is 1.05 bits per heavy atom. The highest BCUT2D eigenvalue weighted by Gasteiger charge is 2.30. The molecule has 0 aliphatic carbocycles. The number of aryl methyl sites for hydroxylation is 1. The van der Waals surface area contributed by atoms with Crippen LogP contribution in [0.3, 0.4) is 0 Å². The summed E-state index contributed by atoms with van der Waals surface area (Å²) in [5, 5.41) is 0. The van der Waals surface area contributed by atoms with Crippen molar-refractivity contribution in [2.24, 2.45) is 0 Å². The van der Waals surface area contributed by atoms with Gasteiger partial charge in [-0.05, 0) is 24.6 Å². The standard InChI is InChI=1S/C12H11F3N4/c1-6-4-7(12(13,14)15)2-3-8(6)9-5-10(16)19-11(17)18-9/h2-5H,1H3,(H4,16,17,18,19). The first kappa shape index (κ1) is 13.1. The fraction of sp³-hybridized carbons (Fsp3) is 0.167. The van der Waals surface area contributed by atoms with Gasteiger partial charge in [0.2, 0.25) is 5.95 Å². The van der Waals surface area contributed by atoms with Crippen molar-refractivity contribution in [2.45, 2.75) is 13.1 Å². The lowest BCUT2D eigenvalue weighted by Gasteiger charge is -2.11. The summed E-state index contributed by atoms with van der Waals surface area (Å²) in [6.45, 7) is 1.57. The van der Waals surface area contributed by atoms with E-state index in [9.17, 15) is 13.2 Å². The van der Waals surface area contributed by atoms with E-state index in [-0.39, 0.29) is 11.8 Å². The van der Waals surface area contributed by atoms with E-state index in [0.717, 1.165) is 12.1 Å². The van der Waals surface area contributed by atoms with Crippen LogP contribution in [0, 0.1) is 6.92 Å². The van der Waals surface area contributed by atoms with Crippen molar-refractivity contribution in [1.29, 1.82) is 0 Å². The molecule has 0 bridgehead atoms. The van der Waals surface area contributed by atoms with Crippen molar-refractivity contribution >= 4 is 11.8 Å². The van der Waals surface area contributed by atoms with Gasteiger partial charge >= 0.3 is 6.18 Å². The largest absolute Gasteiger partial charge is 0.416 e. The smallest absolute Gasteiger partial charge is 0.384 e. The molecule has 0 saturated carbocycles. The molecule has 1 aromatic carbocycles. The second-order valence-electron chi connectivity index (χ2n) is 4.06. The summed E-state index contributed by atoms with van der Waals surface area (Å²) in [6.07, 6.45) is -4.37. The van der Waals surface area contributed by atoms with Crippen molar-refractivity contribution in [1.82, 2.24) is 9.97 Å². The third-order valence-corrected chi connectivity index (χ3v) is 2.59. The van der Waals surface area contributed by atoms with Crippen LogP contribution in [0.5, 0.6) is 0 Å². The Bertz CT molecular complexity index is 603. The Kier molecular flexibility index (Phi) is 3.05. The topological polar surface area (TPSA) is 77.8 Å². The minimum absolute atomic E-state index is 0.0192. The van der Waals surface area contributed by atoms with E-state index in [1.807, 2.05) is 0 Å². The number of anilines is 2. The number of aromatic nitrogens is 2. The molecule has 2 aromatic rings. The highest BCUT2D eigenvalue weighted by atomic mass is 19.4. The fourth-order valence-electron chi connectivity index (χ4n) is 1.75.